The monoisotopic (exact) mass is 412 g/mol. The molecule has 1 aliphatic carbocycles. The van der Waals surface area contributed by atoms with Crippen LogP contribution in [0.5, 0.6) is 0 Å². The summed E-state index contributed by atoms with van der Waals surface area (Å²) in [4.78, 5) is 16.7. The quantitative estimate of drug-likeness (QED) is 0.591. The summed E-state index contributed by atoms with van der Waals surface area (Å²) in [5.74, 6) is 0.400. The molecule has 0 bridgehead atoms. The average molecular weight is 412 g/mol. The minimum Gasteiger partial charge on any atom is -0.448 e. The van der Waals surface area contributed by atoms with Crippen molar-refractivity contribution in [3.63, 3.8) is 0 Å². The van der Waals surface area contributed by atoms with Gasteiger partial charge in [0.05, 0.1) is 17.2 Å². The number of aromatic nitrogens is 3. The minimum absolute atomic E-state index is 0.186. The molecule has 0 radical (unpaired) electrons. The maximum Gasteiger partial charge on any atom is 0.277 e. The Morgan fingerprint density at radius 3 is 2.63 bits per heavy atom. The molecule has 2 aromatic heterocycles. The Morgan fingerprint density at radius 2 is 2.03 bits per heavy atom. The van der Waals surface area contributed by atoms with Gasteiger partial charge in [-0.1, -0.05) is 0 Å². The highest BCUT2D eigenvalue weighted by Gasteiger charge is 2.26. The summed E-state index contributed by atoms with van der Waals surface area (Å²) < 4.78 is 7.11. The predicted molar refractivity (Wildman–Crippen MR) is 112 cm³/mol. The van der Waals surface area contributed by atoms with Crippen LogP contribution in [0.25, 0.3) is 10.9 Å². The smallest absolute Gasteiger partial charge is 0.277 e. The number of hydrogen-bond acceptors (Lipinski definition) is 6. The van der Waals surface area contributed by atoms with Gasteiger partial charge >= 0.3 is 0 Å². The second kappa shape index (κ2) is 7.85. The molecule has 0 unspecified atom stereocenters. The molecule has 4 rings (SSSR count). The molecule has 0 atom stereocenters. The van der Waals surface area contributed by atoms with Crippen molar-refractivity contribution < 1.29 is 19.4 Å². The molecule has 1 amide bonds. The molecule has 30 heavy (non-hydrogen) atoms. The van der Waals surface area contributed by atoms with Gasteiger partial charge in [0.2, 0.25) is 0 Å². The van der Waals surface area contributed by atoms with Crippen molar-refractivity contribution in [2.75, 3.05) is 11.9 Å². The molecule has 0 saturated heterocycles. The first-order valence-corrected chi connectivity index (χ1v) is 10.3. The summed E-state index contributed by atoms with van der Waals surface area (Å²) in [6.45, 7) is 5.28. The molecule has 8 heteroatoms. The van der Waals surface area contributed by atoms with Crippen molar-refractivity contribution in [3.8, 4) is 0 Å². The third kappa shape index (κ3) is 4.11. The van der Waals surface area contributed by atoms with E-state index in [0.717, 1.165) is 36.6 Å². The van der Waals surface area contributed by atoms with Gasteiger partial charge in [-0.15, -0.1) is 0 Å². The van der Waals surface area contributed by atoms with E-state index in [9.17, 15) is 15.0 Å². The summed E-state index contributed by atoms with van der Waals surface area (Å²) in [5, 5.41) is 28.5. The summed E-state index contributed by atoms with van der Waals surface area (Å²) in [7, 11) is 0. The number of oxazole rings is 1. The predicted octanol–water partition coefficient (Wildman–Crippen LogP) is 3.54. The van der Waals surface area contributed by atoms with E-state index in [4.69, 9.17) is 9.52 Å². The highest BCUT2D eigenvalue weighted by atomic mass is 16.3. The van der Waals surface area contributed by atoms with E-state index in [1.807, 2.05) is 23.0 Å². The fourth-order valence-electron chi connectivity index (χ4n) is 4.13. The molecule has 160 valence electrons. The maximum atomic E-state index is 12.6. The lowest BCUT2D eigenvalue weighted by atomic mass is 9.87. The fourth-order valence-corrected chi connectivity index (χ4v) is 4.13. The SMILES string of the molecule is Cc1nc(C(=O)Nc2cc3cn(C4CCC(CO)CC4)nc3cc2C(C)(C)O)co1. The third-order valence-corrected chi connectivity index (χ3v) is 5.87. The van der Waals surface area contributed by atoms with Gasteiger partial charge in [0, 0.05) is 36.4 Å². The summed E-state index contributed by atoms with van der Waals surface area (Å²) in [5.41, 5.74) is 0.888. The molecule has 1 saturated carbocycles. The first kappa shape index (κ1) is 20.6. The van der Waals surface area contributed by atoms with Crippen LogP contribution < -0.4 is 5.32 Å². The van der Waals surface area contributed by atoms with Crippen molar-refractivity contribution in [1.29, 1.82) is 0 Å². The molecular weight excluding hydrogens is 384 g/mol. The van der Waals surface area contributed by atoms with Crippen molar-refractivity contribution >= 4 is 22.5 Å². The number of benzene rings is 1. The molecule has 1 aromatic carbocycles. The number of nitrogens with one attached hydrogen (secondary N) is 1. The van der Waals surface area contributed by atoms with Gasteiger partial charge < -0.3 is 19.9 Å². The molecule has 2 heterocycles. The van der Waals surface area contributed by atoms with Gasteiger partial charge in [-0.2, -0.15) is 5.10 Å². The molecule has 3 N–H and O–H groups in total. The Balaban J connectivity index is 1.66. The Hall–Kier alpha value is -2.71. The van der Waals surface area contributed by atoms with Gasteiger partial charge in [0.25, 0.3) is 5.91 Å². The average Bonchev–Trinajstić information content (AvgIpc) is 3.32. The number of nitrogens with zero attached hydrogens (tertiary/aromatic N) is 3. The number of aliphatic hydroxyl groups excluding tert-OH is 1. The van der Waals surface area contributed by atoms with Crippen molar-refractivity contribution in [2.24, 2.45) is 5.92 Å². The Bertz CT molecular complexity index is 1050. The van der Waals surface area contributed by atoms with Gasteiger partial charge in [0.15, 0.2) is 11.6 Å². The van der Waals surface area contributed by atoms with Crippen LogP contribution >= 0.6 is 0 Å². The highest BCUT2D eigenvalue weighted by molar-refractivity contribution is 6.04. The van der Waals surface area contributed by atoms with Crippen LogP contribution in [0.1, 0.15) is 67.5 Å². The first-order valence-electron chi connectivity index (χ1n) is 10.3. The third-order valence-electron chi connectivity index (χ3n) is 5.87. The van der Waals surface area contributed by atoms with Crippen LogP contribution in [0.15, 0.2) is 29.0 Å². The van der Waals surface area contributed by atoms with Crippen LogP contribution in [-0.4, -0.2) is 37.5 Å². The summed E-state index contributed by atoms with van der Waals surface area (Å²) in [6.07, 6.45) is 7.24. The maximum absolute atomic E-state index is 12.6. The molecule has 8 nitrogen and oxygen atoms in total. The van der Waals surface area contributed by atoms with E-state index < -0.39 is 11.5 Å². The summed E-state index contributed by atoms with van der Waals surface area (Å²) >= 11 is 0. The van der Waals surface area contributed by atoms with Gasteiger partial charge in [0.1, 0.15) is 6.26 Å². The molecular formula is C22H28N4O4. The second-order valence-electron chi connectivity index (χ2n) is 8.69. The number of amides is 1. The lowest BCUT2D eigenvalue weighted by Crippen LogP contribution is -2.21. The van der Waals surface area contributed by atoms with E-state index in [1.54, 1.807) is 20.8 Å². The number of carbonyl (C=O) groups is 1. The molecule has 3 aromatic rings. The normalized spacial score (nSPS) is 19.9. The molecule has 0 aliphatic heterocycles. The Morgan fingerprint density at radius 1 is 1.30 bits per heavy atom. The lowest BCUT2D eigenvalue weighted by Gasteiger charge is -2.27. The van der Waals surface area contributed by atoms with Crippen molar-refractivity contribution in [2.45, 2.75) is 58.1 Å². The molecule has 1 aliphatic rings. The number of hydrogen-bond donors (Lipinski definition) is 3. The summed E-state index contributed by atoms with van der Waals surface area (Å²) in [6, 6.07) is 3.97. The second-order valence-corrected chi connectivity index (χ2v) is 8.69. The minimum atomic E-state index is -1.17. The number of aliphatic hydroxyl groups is 2. The fraction of sp³-hybridized carbons (Fsp3) is 0.500. The van der Waals surface area contributed by atoms with Crippen LogP contribution in [0.4, 0.5) is 5.69 Å². The van der Waals surface area contributed by atoms with Crippen molar-refractivity contribution in [1.82, 2.24) is 14.8 Å². The highest BCUT2D eigenvalue weighted by Crippen LogP contribution is 2.35. The Kier molecular flexibility index (Phi) is 5.38. The van der Waals surface area contributed by atoms with E-state index in [2.05, 4.69) is 10.3 Å². The molecule has 1 fully saturated rings. The van der Waals surface area contributed by atoms with Gasteiger partial charge in [-0.05, 0) is 57.6 Å². The number of carbonyl (C=O) groups excluding carboxylic acids is 1. The van der Waals surface area contributed by atoms with E-state index >= 15 is 0 Å². The van der Waals surface area contributed by atoms with E-state index in [-0.39, 0.29) is 12.3 Å². The topological polar surface area (TPSA) is 113 Å². The van der Waals surface area contributed by atoms with Crippen LogP contribution in [0.3, 0.4) is 0 Å². The number of rotatable bonds is 5. The number of aryl methyl sites for hydroxylation is 1. The van der Waals surface area contributed by atoms with Gasteiger partial charge in [-0.25, -0.2) is 4.98 Å². The zero-order chi connectivity index (χ0) is 21.5. The van der Waals surface area contributed by atoms with E-state index in [0.29, 0.717) is 29.1 Å². The zero-order valence-electron chi connectivity index (χ0n) is 17.6. The lowest BCUT2D eigenvalue weighted by molar-refractivity contribution is 0.0793. The first-order chi connectivity index (χ1) is 14.2. The van der Waals surface area contributed by atoms with Crippen LogP contribution in [-0.2, 0) is 5.60 Å². The van der Waals surface area contributed by atoms with E-state index in [1.165, 1.54) is 6.26 Å². The molecule has 0 spiro atoms. The largest absolute Gasteiger partial charge is 0.448 e. The number of anilines is 1. The standard InChI is InChI=1S/C22H28N4O4/c1-13-23-20(12-30-13)21(28)24-19-8-15-10-26(16-6-4-14(11-27)5-7-16)25-18(15)9-17(19)22(2,3)29/h8-10,12,14,16,27,29H,4-7,11H2,1-3H3,(H,24,28). The zero-order valence-corrected chi connectivity index (χ0v) is 17.6. The van der Waals surface area contributed by atoms with Crippen molar-refractivity contribution in [3.05, 3.63) is 41.7 Å². The number of fused-ring (bicyclic) bond motifs is 1. The van der Waals surface area contributed by atoms with Crippen LogP contribution in [0.2, 0.25) is 0 Å². The van der Waals surface area contributed by atoms with Gasteiger partial charge in [-0.3, -0.25) is 9.48 Å². The van der Waals surface area contributed by atoms with Crippen LogP contribution in [0, 0.1) is 12.8 Å². The Labute approximate surface area is 174 Å².